The maximum atomic E-state index is 12.3. The normalized spacial score (nSPS) is 11.2. The molecule has 0 heterocycles. The molecule has 0 aromatic heterocycles. The van der Waals surface area contributed by atoms with Gasteiger partial charge in [0.25, 0.3) is 0 Å². The highest BCUT2D eigenvalue weighted by Crippen LogP contribution is 2.19. The van der Waals surface area contributed by atoms with Crippen LogP contribution in [0.15, 0.2) is 53.4 Å². The Labute approximate surface area is 117 Å². The van der Waals surface area contributed by atoms with Crippen molar-refractivity contribution >= 4 is 15.8 Å². The molecule has 0 aliphatic rings. The summed E-state index contributed by atoms with van der Waals surface area (Å²) in [5, 5.41) is 8.80. The summed E-state index contributed by atoms with van der Waals surface area (Å²) < 4.78 is 24.6. The summed E-state index contributed by atoms with van der Waals surface area (Å²) >= 11 is 0. The van der Waals surface area contributed by atoms with E-state index in [-0.39, 0.29) is 16.2 Å². The third-order valence-electron chi connectivity index (χ3n) is 3.07. The van der Waals surface area contributed by atoms with Gasteiger partial charge in [-0.2, -0.15) is 0 Å². The molecule has 0 aliphatic carbocycles. The van der Waals surface area contributed by atoms with Gasteiger partial charge in [0.05, 0.1) is 16.2 Å². The third kappa shape index (κ3) is 3.05. The van der Waals surface area contributed by atoms with Gasteiger partial charge in [-0.3, -0.25) is 0 Å². The van der Waals surface area contributed by atoms with E-state index in [1.165, 1.54) is 24.3 Å². The number of aromatic carboxylic acids is 1. The number of carbonyl (C=O) groups is 1. The zero-order valence-electron chi connectivity index (χ0n) is 10.9. The molecule has 0 atom stereocenters. The van der Waals surface area contributed by atoms with E-state index in [0.29, 0.717) is 0 Å². The number of aryl methyl sites for hydroxylation is 1. The average Bonchev–Trinajstić information content (AvgIpc) is 2.41. The molecule has 2 rings (SSSR count). The van der Waals surface area contributed by atoms with Crippen molar-refractivity contribution in [1.29, 1.82) is 0 Å². The van der Waals surface area contributed by atoms with Crippen LogP contribution in [-0.4, -0.2) is 19.5 Å². The van der Waals surface area contributed by atoms with Gasteiger partial charge in [0.1, 0.15) is 0 Å². The fourth-order valence-electron chi connectivity index (χ4n) is 1.86. The quantitative estimate of drug-likeness (QED) is 0.939. The fraction of sp³-hybridized carbons (Fsp3) is 0.133. The second-order valence-corrected chi connectivity index (χ2v) is 6.50. The Bertz CT molecular complexity index is 731. The molecule has 0 unspecified atom stereocenters. The van der Waals surface area contributed by atoms with Crippen molar-refractivity contribution in [2.45, 2.75) is 17.6 Å². The van der Waals surface area contributed by atoms with E-state index in [4.69, 9.17) is 5.11 Å². The summed E-state index contributed by atoms with van der Waals surface area (Å²) in [4.78, 5) is 10.9. The zero-order valence-corrected chi connectivity index (χ0v) is 11.7. The molecule has 20 heavy (non-hydrogen) atoms. The van der Waals surface area contributed by atoms with Gasteiger partial charge in [0, 0.05) is 0 Å². The number of carboxylic acids is 1. The summed E-state index contributed by atoms with van der Waals surface area (Å²) in [6, 6.07) is 12.5. The molecule has 5 heteroatoms. The van der Waals surface area contributed by atoms with E-state index in [0.717, 1.165) is 11.1 Å². The van der Waals surface area contributed by atoms with Crippen LogP contribution in [-0.2, 0) is 15.6 Å². The Kier molecular flexibility index (Phi) is 3.90. The standard InChI is InChI=1S/C15H14O4S/c1-11-4-2-3-5-13(11)10-20(18,19)14-8-6-12(7-9-14)15(16)17/h2-9H,10H2,1H3,(H,16,17). The summed E-state index contributed by atoms with van der Waals surface area (Å²) in [7, 11) is -3.47. The Morgan fingerprint density at radius 2 is 1.65 bits per heavy atom. The van der Waals surface area contributed by atoms with E-state index < -0.39 is 15.8 Å². The second kappa shape index (κ2) is 5.46. The lowest BCUT2D eigenvalue weighted by atomic mass is 10.1. The summed E-state index contributed by atoms with van der Waals surface area (Å²) in [5.74, 6) is -1.17. The van der Waals surface area contributed by atoms with Gasteiger partial charge >= 0.3 is 5.97 Å². The Morgan fingerprint density at radius 3 is 2.20 bits per heavy atom. The van der Waals surface area contributed by atoms with Crippen molar-refractivity contribution in [3.63, 3.8) is 0 Å². The highest BCUT2D eigenvalue weighted by atomic mass is 32.2. The first-order valence-corrected chi connectivity index (χ1v) is 7.66. The minimum atomic E-state index is -3.47. The molecule has 0 spiro atoms. The minimum Gasteiger partial charge on any atom is -0.478 e. The topological polar surface area (TPSA) is 71.4 Å². The van der Waals surface area contributed by atoms with Crippen molar-refractivity contribution in [2.75, 3.05) is 0 Å². The summed E-state index contributed by atoms with van der Waals surface area (Å²) in [6.07, 6.45) is 0. The van der Waals surface area contributed by atoms with E-state index in [1.807, 2.05) is 19.1 Å². The van der Waals surface area contributed by atoms with Gasteiger partial charge in [-0.05, 0) is 42.3 Å². The van der Waals surface area contributed by atoms with E-state index in [9.17, 15) is 13.2 Å². The van der Waals surface area contributed by atoms with E-state index in [1.54, 1.807) is 12.1 Å². The maximum Gasteiger partial charge on any atom is 0.335 e. The largest absolute Gasteiger partial charge is 0.478 e. The lowest BCUT2D eigenvalue weighted by molar-refractivity contribution is 0.0696. The predicted molar refractivity (Wildman–Crippen MR) is 75.5 cm³/mol. The van der Waals surface area contributed by atoms with E-state index >= 15 is 0 Å². The number of hydrogen-bond acceptors (Lipinski definition) is 3. The monoisotopic (exact) mass is 290 g/mol. The molecule has 4 nitrogen and oxygen atoms in total. The van der Waals surface area contributed by atoms with Crippen LogP contribution in [0.1, 0.15) is 21.5 Å². The molecule has 0 saturated carbocycles. The predicted octanol–water partition coefficient (Wildman–Crippen LogP) is 2.67. The maximum absolute atomic E-state index is 12.3. The molecule has 2 aromatic rings. The smallest absolute Gasteiger partial charge is 0.335 e. The van der Waals surface area contributed by atoms with Crippen LogP contribution >= 0.6 is 0 Å². The average molecular weight is 290 g/mol. The van der Waals surface area contributed by atoms with Crippen molar-refractivity contribution in [3.8, 4) is 0 Å². The number of sulfone groups is 1. The molecule has 0 aliphatic heterocycles. The zero-order chi connectivity index (χ0) is 14.8. The van der Waals surface area contributed by atoms with Gasteiger partial charge in [0.15, 0.2) is 9.84 Å². The van der Waals surface area contributed by atoms with Gasteiger partial charge in [-0.1, -0.05) is 24.3 Å². The van der Waals surface area contributed by atoms with Crippen LogP contribution < -0.4 is 0 Å². The lowest BCUT2D eigenvalue weighted by Crippen LogP contribution is -2.07. The molecular formula is C15H14O4S. The lowest BCUT2D eigenvalue weighted by Gasteiger charge is -2.07. The second-order valence-electron chi connectivity index (χ2n) is 4.52. The summed E-state index contributed by atoms with van der Waals surface area (Å²) in [5.41, 5.74) is 1.73. The van der Waals surface area contributed by atoms with Crippen LogP contribution in [0, 0.1) is 6.92 Å². The molecule has 0 radical (unpaired) electrons. The van der Waals surface area contributed by atoms with Gasteiger partial charge in [-0.15, -0.1) is 0 Å². The molecule has 104 valence electrons. The van der Waals surface area contributed by atoms with Crippen molar-refractivity contribution in [3.05, 3.63) is 65.2 Å². The first-order chi connectivity index (χ1) is 9.40. The SMILES string of the molecule is Cc1ccccc1CS(=O)(=O)c1ccc(C(=O)O)cc1. The van der Waals surface area contributed by atoms with Gasteiger partial charge in [-0.25, -0.2) is 13.2 Å². The highest BCUT2D eigenvalue weighted by Gasteiger charge is 2.16. The fourth-order valence-corrected chi connectivity index (χ4v) is 3.32. The van der Waals surface area contributed by atoms with Gasteiger partial charge in [0.2, 0.25) is 0 Å². The minimum absolute atomic E-state index is 0.0693. The van der Waals surface area contributed by atoms with Crippen LogP contribution in [0.2, 0.25) is 0 Å². The first-order valence-electron chi connectivity index (χ1n) is 6.01. The number of carboxylic acid groups (broad SMARTS) is 1. The number of rotatable bonds is 4. The van der Waals surface area contributed by atoms with E-state index in [2.05, 4.69) is 0 Å². The third-order valence-corrected chi connectivity index (χ3v) is 4.75. The number of hydrogen-bond donors (Lipinski definition) is 1. The molecular weight excluding hydrogens is 276 g/mol. The molecule has 2 aromatic carbocycles. The Hall–Kier alpha value is -2.14. The van der Waals surface area contributed by atoms with Gasteiger partial charge < -0.3 is 5.11 Å². The molecule has 0 amide bonds. The first kappa shape index (κ1) is 14.3. The van der Waals surface area contributed by atoms with Crippen LogP contribution in [0.5, 0.6) is 0 Å². The van der Waals surface area contributed by atoms with Crippen LogP contribution in [0.3, 0.4) is 0 Å². The molecule has 0 bridgehead atoms. The van der Waals surface area contributed by atoms with Crippen LogP contribution in [0.4, 0.5) is 0 Å². The Morgan fingerprint density at radius 1 is 1.05 bits per heavy atom. The van der Waals surface area contributed by atoms with Crippen LogP contribution in [0.25, 0.3) is 0 Å². The summed E-state index contributed by atoms with van der Waals surface area (Å²) in [6.45, 7) is 1.86. The molecule has 0 fully saturated rings. The van der Waals surface area contributed by atoms with Crippen molar-refractivity contribution < 1.29 is 18.3 Å². The molecule has 1 N–H and O–H groups in total. The molecule has 0 saturated heterocycles. The Balaban J connectivity index is 2.31. The van der Waals surface area contributed by atoms with Crippen molar-refractivity contribution in [1.82, 2.24) is 0 Å². The number of benzene rings is 2. The van der Waals surface area contributed by atoms with Crippen molar-refractivity contribution in [2.24, 2.45) is 0 Å². The highest BCUT2D eigenvalue weighted by molar-refractivity contribution is 7.90.